The minimum Gasteiger partial charge on any atom is -0.505 e. The van der Waals surface area contributed by atoms with Crippen molar-refractivity contribution in [2.75, 3.05) is 5.32 Å². The van der Waals surface area contributed by atoms with Gasteiger partial charge in [0, 0.05) is 21.4 Å². The van der Waals surface area contributed by atoms with Gasteiger partial charge in [0.2, 0.25) is 0 Å². The molecule has 2 N–H and O–H groups in total. The summed E-state index contributed by atoms with van der Waals surface area (Å²) in [5.41, 5.74) is 1.49. The summed E-state index contributed by atoms with van der Waals surface area (Å²) in [5.74, 6) is -0.877. The van der Waals surface area contributed by atoms with Crippen LogP contribution in [0, 0.1) is 9.39 Å². The topological polar surface area (TPSA) is 32.3 Å². The number of rotatable bonds is 3. The molecule has 0 bridgehead atoms. The zero-order valence-corrected chi connectivity index (χ0v) is 11.1. The molecule has 0 aromatic heterocycles. The van der Waals surface area contributed by atoms with Crippen LogP contribution in [-0.4, -0.2) is 5.11 Å². The fourth-order valence-electron chi connectivity index (χ4n) is 1.50. The summed E-state index contributed by atoms with van der Waals surface area (Å²) in [5, 5.41) is 12.7. The second-order valence-corrected chi connectivity index (χ2v) is 4.86. The van der Waals surface area contributed by atoms with Gasteiger partial charge in [-0.2, -0.15) is 0 Å². The number of benzene rings is 2. The number of phenolic OH excluding ortho intramolecular Hbond substituents is 1. The molecule has 0 saturated heterocycles. The Labute approximate surface area is 113 Å². The Kier molecular flexibility index (Phi) is 3.83. The fourth-order valence-corrected chi connectivity index (χ4v) is 2.04. The van der Waals surface area contributed by atoms with Crippen molar-refractivity contribution >= 4 is 28.3 Å². The summed E-state index contributed by atoms with van der Waals surface area (Å²) in [6.45, 7) is 0.393. The minimum atomic E-state index is -0.591. The highest BCUT2D eigenvalue weighted by Crippen LogP contribution is 2.22. The molecule has 0 saturated carbocycles. The first-order valence-electron chi connectivity index (χ1n) is 5.12. The maximum Gasteiger partial charge on any atom is 0.165 e. The molecule has 4 heteroatoms. The molecule has 2 rings (SSSR count). The Morgan fingerprint density at radius 3 is 2.71 bits per heavy atom. The van der Waals surface area contributed by atoms with Crippen LogP contribution in [0.25, 0.3) is 0 Å². The molecule has 0 radical (unpaired) electrons. The molecule has 88 valence electrons. The van der Waals surface area contributed by atoms with E-state index in [-0.39, 0.29) is 5.75 Å². The number of hydrogen-bond donors (Lipinski definition) is 2. The number of hydrogen-bond acceptors (Lipinski definition) is 2. The van der Waals surface area contributed by atoms with Crippen LogP contribution in [-0.2, 0) is 6.54 Å². The van der Waals surface area contributed by atoms with Crippen LogP contribution in [0.4, 0.5) is 10.1 Å². The quantitative estimate of drug-likeness (QED) is 0.832. The second kappa shape index (κ2) is 5.35. The van der Waals surface area contributed by atoms with E-state index < -0.39 is 5.82 Å². The highest BCUT2D eigenvalue weighted by Gasteiger charge is 2.05. The predicted molar refractivity (Wildman–Crippen MR) is 74.6 cm³/mol. The van der Waals surface area contributed by atoms with E-state index in [4.69, 9.17) is 0 Å². The zero-order chi connectivity index (χ0) is 12.3. The normalized spacial score (nSPS) is 10.2. The number of anilines is 1. The predicted octanol–water partition coefficient (Wildman–Crippen LogP) is 3.75. The summed E-state index contributed by atoms with van der Waals surface area (Å²) >= 11 is 2.22. The van der Waals surface area contributed by atoms with Crippen LogP contribution in [0.1, 0.15) is 5.56 Å². The second-order valence-electron chi connectivity index (χ2n) is 3.61. The smallest absolute Gasteiger partial charge is 0.165 e. The van der Waals surface area contributed by atoms with E-state index in [0.717, 1.165) is 9.26 Å². The fraction of sp³-hybridized carbons (Fsp3) is 0.0769. The van der Waals surface area contributed by atoms with Gasteiger partial charge < -0.3 is 10.4 Å². The van der Waals surface area contributed by atoms with Gasteiger partial charge in [0.05, 0.1) is 0 Å². The molecule has 0 aliphatic heterocycles. The molecule has 0 amide bonds. The van der Waals surface area contributed by atoms with Gasteiger partial charge in [0.25, 0.3) is 0 Å². The van der Waals surface area contributed by atoms with Gasteiger partial charge in [-0.1, -0.05) is 18.2 Å². The van der Waals surface area contributed by atoms with Gasteiger partial charge in [0.1, 0.15) is 0 Å². The first-order valence-corrected chi connectivity index (χ1v) is 6.20. The highest BCUT2D eigenvalue weighted by atomic mass is 127. The first kappa shape index (κ1) is 12.2. The largest absolute Gasteiger partial charge is 0.505 e. The van der Waals surface area contributed by atoms with Crippen LogP contribution in [0.3, 0.4) is 0 Å². The van der Waals surface area contributed by atoms with Crippen LogP contribution in [0.5, 0.6) is 5.75 Å². The summed E-state index contributed by atoms with van der Waals surface area (Å²) in [4.78, 5) is 0. The molecular formula is C13H11FINO. The van der Waals surface area contributed by atoms with Crippen molar-refractivity contribution in [1.82, 2.24) is 0 Å². The van der Waals surface area contributed by atoms with Gasteiger partial charge in [-0.15, -0.1) is 0 Å². The third-order valence-corrected chi connectivity index (χ3v) is 3.05. The molecule has 0 unspecified atom stereocenters. The highest BCUT2D eigenvalue weighted by molar-refractivity contribution is 14.1. The van der Waals surface area contributed by atoms with Gasteiger partial charge >= 0.3 is 0 Å². The van der Waals surface area contributed by atoms with E-state index in [1.807, 2.05) is 24.3 Å². The monoisotopic (exact) mass is 343 g/mol. The van der Waals surface area contributed by atoms with E-state index in [1.54, 1.807) is 12.1 Å². The Hall–Kier alpha value is -1.30. The lowest BCUT2D eigenvalue weighted by Gasteiger charge is -2.08. The number of phenols is 1. The van der Waals surface area contributed by atoms with Crippen molar-refractivity contribution in [2.24, 2.45) is 0 Å². The number of aromatic hydroxyl groups is 1. The Bertz CT molecular complexity index is 531. The molecule has 0 atom stereocenters. The summed E-state index contributed by atoms with van der Waals surface area (Å²) in [6.07, 6.45) is 0. The van der Waals surface area contributed by atoms with E-state index in [1.165, 1.54) is 6.07 Å². The van der Waals surface area contributed by atoms with E-state index in [2.05, 4.69) is 27.9 Å². The lowest BCUT2D eigenvalue weighted by molar-refractivity contribution is 0.427. The third-order valence-electron chi connectivity index (χ3n) is 2.38. The molecule has 0 aliphatic carbocycles. The minimum absolute atomic E-state index is 0.286. The molecule has 2 aromatic carbocycles. The Balaban J connectivity index is 2.10. The first-order chi connectivity index (χ1) is 8.16. The number of halogens is 2. The zero-order valence-electron chi connectivity index (χ0n) is 8.95. The molecule has 2 nitrogen and oxygen atoms in total. The van der Waals surface area contributed by atoms with Gasteiger partial charge in [-0.25, -0.2) is 4.39 Å². The average molecular weight is 343 g/mol. The summed E-state index contributed by atoms with van der Waals surface area (Å²) < 4.78 is 14.2. The number of nitrogens with one attached hydrogen (secondary N) is 1. The van der Waals surface area contributed by atoms with Crippen molar-refractivity contribution in [3.8, 4) is 5.75 Å². The van der Waals surface area contributed by atoms with Gasteiger partial charge in [0.15, 0.2) is 11.6 Å². The lowest BCUT2D eigenvalue weighted by Crippen LogP contribution is -2.00. The maximum absolute atomic E-state index is 13.1. The van der Waals surface area contributed by atoms with Gasteiger partial charge in [-0.3, -0.25) is 0 Å². The molecule has 17 heavy (non-hydrogen) atoms. The van der Waals surface area contributed by atoms with Gasteiger partial charge in [-0.05, 0) is 46.9 Å². The maximum atomic E-state index is 13.1. The summed E-state index contributed by atoms with van der Waals surface area (Å²) in [7, 11) is 0. The SMILES string of the molecule is Oc1c(F)cccc1CNc1cccc(I)c1. The van der Waals surface area contributed by atoms with E-state index >= 15 is 0 Å². The van der Waals surface area contributed by atoms with Crippen molar-refractivity contribution < 1.29 is 9.50 Å². The average Bonchev–Trinajstić information content (AvgIpc) is 2.31. The number of para-hydroxylation sites is 1. The summed E-state index contributed by atoms with van der Waals surface area (Å²) in [6, 6.07) is 12.4. The van der Waals surface area contributed by atoms with Crippen molar-refractivity contribution in [3.63, 3.8) is 0 Å². The lowest BCUT2D eigenvalue weighted by atomic mass is 10.2. The van der Waals surface area contributed by atoms with Crippen LogP contribution < -0.4 is 5.32 Å². The van der Waals surface area contributed by atoms with E-state index in [0.29, 0.717) is 12.1 Å². The standard InChI is InChI=1S/C13H11FINO/c14-12-6-1-3-9(13(12)17)8-16-11-5-2-4-10(15)7-11/h1-7,16-17H,8H2. The van der Waals surface area contributed by atoms with Crippen LogP contribution in [0.15, 0.2) is 42.5 Å². The molecule has 2 aromatic rings. The van der Waals surface area contributed by atoms with E-state index in [9.17, 15) is 9.50 Å². The molecular weight excluding hydrogens is 332 g/mol. The van der Waals surface area contributed by atoms with Crippen molar-refractivity contribution in [1.29, 1.82) is 0 Å². The van der Waals surface area contributed by atoms with Crippen molar-refractivity contribution in [3.05, 3.63) is 57.4 Å². The molecule has 0 aliphatic rings. The molecule has 0 heterocycles. The molecule has 0 fully saturated rings. The third kappa shape index (κ3) is 3.09. The Morgan fingerprint density at radius 1 is 1.18 bits per heavy atom. The van der Waals surface area contributed by atoms with Crippen molar-refractivity contribution in [2.45, 2.75) is 6.54 Å². The molecule has 0 spiro atoms. The van der Waals surface area contributed by atoms with Crippen LogP contribution >= 0.6 is 22.6 Å². The Morgan fingerprint density at radius 2 is 1.94 bits per heavy atom. The van der Waals surface area contributed by atoms with Crippen LogP contribution in [0.2, 0.25) is 0 Å².